The molecule has 3 heteroatoms. The Morgan fingerprint density at radius 1 is 1.27 bits per heavy atom. The van der Waals surface area contributed by atoms with Crippen LogP contribution in [0.3, 0.4) is 0 Å². The van der Waals surface area contributed by atoms with Gasteiger partial charge in [0.15, 0.2) is 0 Å². The maximum Gasteiger partial charge on any atom is 0.0771 e. The number of nitrogens with one attached hydrogen (secondary N) is 1. The number of hydrogen-bond acceptors (Lipinski definition) is 3. The van der Waals surface area contributed by atoms with Crippen molar-refractivity contribution in [3.05, 3.63) is 0 Å². The summed E-state index contributed by atoms with van der Waals surface area (Å²) >= 11 is 0. The normalized spacial score (nSPS) is 34.8. The van der Waals surface area contributed by atoms with Crippen LogP contribution in [0.4, 0.5) is 0 Å². The molecule has 0 aliphatic heterocycles. The average molecular weight is 213 g/mol. The lowest BCUT2D eigenvalue weighted by atomic mass is 9.80. The Morgan fingerprint density at radius 3 is 2.60 bits per heavy atom. The quantitative estimate of drug-likeness (QED) is 0.742. The van der Waals surface area contributed by atoms with E-state index in [0.29, 0.717) is 12.1 Å². The highest BCUT2D eigenvalue weighted by molar-refractivity contribution is 4.92. The largest absolute Gasteiger partial charge is 0.389 e. The van der Waals surface area contributed by atoms with Crippen molar-refractivity contribution in [1.29, 1.82) is 0 Å². The number of rotatable bonds is 4. The minimum absolute atomic E-state index is 0.349. The van der Waals surface area contributed by atoms with Gasteiger partial charge in [-0.2, -0.15) is 0 Å². The van der Waals surface area contributed by atoms with Crippen LogP contribution in [0, 0.1) is 0 Å². The molecule has 0 spiro atoms. The van der Waals surface area contributed by atoms with Crippen LogP contribution in [0.5, 0.6) is 0 Å². The van der Waals surface area contributed by atoms with E-state index in [0.717, 1.165) is 25.8 Å². The highest BCUT2D eigenvalue weighted by Gasteiger charge is 2.35. The van der Waals surface area contributed by atoms with Crippen molar-refractivity contribution < 1.29 is 9.84 Å². The van der Waals surface area contributed by atoms with Crippen molar-refractivity contribution in [2.24, 2.45) is 0 Å². The van der Waals surface area contributed by atoms with Crippen LogP contribution >= 0.6 is 0 Å². The Kier molecular flexibility index (Phi) is 3.65. The van der Waals surface area contributed by atoms with E-state index in [1.165, 1.54) is 25.7 Å². The van der Waals surface area contributed by atoms with Crippen LogP contribution < -0.4 is 5.32 Å². The van der Waals surface area contributed by atoms with E-state index in [-0.39, 0.29) is 0 Å². The van der Waals surface area contributed by atoms with Crippen molar-refractivity contribution in [3.63, 3.8) is 0 Å². The van der Waals surface area contributed by atoms with Gasteiger partial charge >= 0.3 is 0 Å². The lowest BCUT2D eigenvalue weighted by Crippen LogP contribution is -2.52. The van der Waals surface area contributed by atoms with E-state index < -0.39 is 5.60 Å². The smallest absolute Gasteiger partial charge is 0.0771 e. The molecule has 0 saturated heterocycles. The second kappa shape index (κ2) is 4.81. The maximum atomic E-state index is 10.00. The van der Waals surface area contributed by atoms with Crippen LogP contribution in [-0.2, 0) is 4.74 Å². The molecule has 0 radical (unpaired) electrons. The molecule has 2 saturated carbocycles. The average Bonchev–Trinajstić information content (AvgIpc) is 2.24. The van der Waals surface area contributed by atoms with Gasteiger partial charge in [-0.3, -0.25) is 0 Å². The molecule has 0 aromatic carbocycles. The van der Waals surface area contributed by atoms with Gasteiger partial charge in [-0.25, -0.2) is 0 Å². The number of ether oxygens (including phenoxy) is 1. The highest BCUT2D eigenvalue weighted by atomic mass is 16.5. The van der Waals surface area contributed by atoms with Crippen molar-refractivity contribution in [1.82, 2.24) is 5.32 Å². The first-order chi connectivity index (χ1) is 7.23. The van der Waals surface area contributed by atoms with Crippen molar-refractivity contribution in [2.45, 2.75) is 62.7 Å². The predicted molar refractivity (Wildman–Crippen MR) is 59.9 cm³/mol. The summed E-state index contributed by atoms with van der Waals surface area (Å²) in [6, 6.07) is 0.452. The Morgan fingerprint density at radius 2 is 2.00 bits per heavy atom. The summed E-state index contributed by atoms with van der Waals surface area (Å²) < 4.78 is 5.48. The number of methoxy groups -OCH3 is 1. The maximum absolute atomic E-state index is 10.00. The van der Waals surface area contributed by atoms with Gasteiger partial charge in [0.2, 0.25) is 0 Å². The van der Waals surface area contributed by atoms with Gasteiger partial charge in [0.05, 0.1) is 11.7 Å². The van der Waals surface area contributed by atoms with Gasteiger partial charge in [0.25, 0.3) is 0 Å². The summed E-state index contributed by atoms with van der Waals surface area (Å²) in [5.41, 5.74) is -0.407. The first kappa shape index (κ1) is 11.4. The summed E-state index contributed by atoms with van der Waals surface area (Å²) in [4.78, 5) is 0. The SMILES string of the molecule is COC1CCCCC1NCC1(O)CCC1. The molecule has 2 aliphatic rings. The molecule has 2 atom stereocenters. The Labute approximate surface area is 92.2 Å². The Balaban J connectivity index is 1.76. The lowest BCUT2D eigenvalue weighted by molar-refractivity contribution is -0.0413. The molecule has 2 N–H and O–H groups in total. The molecule has 2 aliphatic carbocycles. The first-order valence-electron chi connectivity index (χ1n) is 6.22. The molecule has 0 heterocycles. The zero-order valence-corrected chi connectivity index (χ0v) is 9.67. The van der Waals surface area contributed by atoms with Crippen LogP contribution in [0.15, 0.2) is 0 Å². The predicted octanol–water partition coefficient (Wildman–Crippen LogP) is 1.45. The number of hydrogen-bond donors (Lipinski definition) is 2. The molecule has 0 bridgehead atoms. The fourth-order valence-electron chi connectivity index (χ4n) is 2.70. The third kappa shape index (κ3) is 2.71. The second-order valence-electron chi connectivity index (χ2n) is 5.12. The molecular formula is C12H23NO2. The van der Waals surface area contributed by atoms with Gasteiger partial charge in [0, 0.05) is 19.7 Å². The fraction of sp³-hybridized carbons (Fsp3) is 1.00. The molecule has 88 valence electrons. The second-order valence-corrected chi connectivity index (χ2v) is 5.12. The minimum atomic E-state index is -0.407. The molecule has 0 aromatic heterocycles. The van der Waals surface area contributed by atoms with Crippen LogP contribution in [0.1, 0.15) is 44.9 Å². The summed E-state index contributed by atoms with van der Waals surface area (Å²) in [7, 11) is 1.79. The molecule has 0 aromatic rings. The fourth-order valence-corrected chi connectivity index (χ4v) is 2.70. The molecule has 2 rings (SSSR count). The minimum Gasteiger partial charge on any atom is -0.389 e. The van der Waals surface area contributed by atoms with E-state index in [4.69, 9.17) is 4.74 Å². The van der Waals surface area contributed by atoms with Crippen LogP contribution in [0.2, 0.25) is 0 Å². The van der Waals surface area contributed by atoms with Gasteiger partial charge in [-0.1, -0.05) is 12.8 Å². The summed E-state index contributed by atoms with van der Waals surface area (Å²) in [5.74, 6) is 0. The topological polar surface area (TPSA) is 41.5 Å². The van der Waals surface area contributed by atoms with E-state index in [9.17, 15) is 5.11 Å². The van der Waals surface area contributed by atoms with Gasteiger partial charge in [0.1, 0.15) is 0 Å². The summed E-state index contributed by atoms with van der Waals surface area (Å²) in [5, 5.41) is 13.5. The van der Waals surface area contributed by atoms with Gasteiger partial charge < -0.3 is 15.2 Å². The molecule has 2 unspecified atom stereocenters. The zero-order valence-electron chi connectivity index (χ0n) is 9.67. The van der Waals surface area contributed by atoms with Gasteiger partial charge in [-0.05, 0) is 32.1 Å². The zero-order chi connectivity index (χ0) is 10.7. The van der Waals surface area contributed by atoms with Crippen LogP contribution in [-0.4, -0.2) is 36.5 Å². The van der Waals surface area contributed by atoms with Gasteiger partial charge in [-0.15, -0.1) is 0 Å². The summed E-state index contributed by atoms with van der Waals surface area (Å²) in [6.07, 6.45) is 8.37. The monoisotopic (exact) mass is 213 g/mol. The third-order valence-corrected chi connectivity index (χ3v) is 3.98. The third-order valence-electron chi connectivity index (χ3n) is 3.98. The number of aliphatic hydroxyl groups is 1. The molecule has 3 nitrogen and oxygen atoms in total. The standard InChI is InChI=1S/C12H23NO2/c1-15-11-6-3-2-5-10(11)13-9-12(14)7-4-8-12/h10-11,13-14H,2-9H2,1H3. The van der Waals surface area contributed by atoms with E-state index in [1.807, 2.05) is 0 Å². The van der Waals surface area contributed by atoms with Crippen molar-refractivity contribution >= 4 is 0 Å². The molecular weight excluding hydrogens is 190 g/mol. The molecule has 2 fully saturated rings. The first-order valence-corrected chi connectivity index (χ1v) is 6.22. The van der Waals surface area contributed by atoms with Crippen LogP contribution in [0.25, 0.3) is 0 Å². The van der Waals surface area contributed by atoms with E-state index in [2.05, 4.69) is 5.32 Å². The molecule has 15 heavy (non-hydrogen) atoms. The van der Waals surface area contributed by atoms with E-state index in [1.54, 1.807) is 7.11 Å². The van der Waals surface area contributed by atoms with E-state index >= 15 is 0 Å². The van der Waals surface area contributed by atoms with Crippen molar-refractivity contribution in [3.8, 4) is 0 Å². The Hall–Kier alpha value is -0.120. The summed E-state index contributed by atoms with van der Waals surface area (Å²) in [6.45, 7) is 0.748. The van der Waals surface area contributed by atoms with Crippen molar-refractivity contribution in [2.75, 3.05) is 13.7 Å². The lowest BCUT2D eigenvalue weighted by Gasteiger charge is -2.40. The Bertz CT molecular complexity index is 204. The highest BCUT2D eigenvalue weighted by Crippen LogP contribution is 2.31. The molecule has 0 amide bonds.